The van der Waals surface area contributed by atoms with Gasteiger partial charge in [-0.15, -0.1) is 0 Å². The summed E-state index contributed by atoms with van der Waals surface area (Å²) in [5, 5.41) is 0. The van der Waals surface area contributed by atoms with Crippen molar-refractivity contribution >= 4 is 23.7 Å². The van der Waals surface area contributed by atoms with Crippen LogP contribution in [0.25, 0.3) is 6.08 Å². The molecule has 0 bridgehead atoms. The second kappa shape index (κ2) is 9.81. The predicted molar refractivity (Wildman–Crippen MR) is 128 cm³/mol. The van der Waals surface area contributed by atoms with Gasteiger partial charge >= 0.3 is 0 Å². The number of amides is 2. The lowest BCUT2D eigenvalue weighted by Gasteiger charge is -2.25. The molecular weight excluding hydrogens is 404 g/mol. The second-order valence-corrected chi connectivity index (χ2v) is 9.06. The Morgan fingerprint density at radius 1 is 0.844 bits per heavy atom. The van der Waals surface area contributed by atoms with Crippen LogP contribution in [0, 0.1) is 0 Å². The van der Waals surface area contributed by atoms with Crippen LogP contribution in [0.15, 0.2) is 42.5 Å². The maximum Gasteiger partial charge on any atom is 0.253 e. The molecule has 6 heteroatoms. The second-order valence-electron chi connectivity index (χ2n) is 9.06. The number of hydrogen-bond donors (Lipinski definition) is 0. The van der Waals surface area contributed by atoms with Gasteiger partial charge in [0.25, 0.3) is 11.8 Å². The van der Waals surface area contributed by atoms with Crippen molar-refractivity contribution in [1.82, 2.24) is 9.80 Å². The third kappa shape index (κ3) is 5.63. The van der Waals surface area contributed by atoms with E-state index in [0.717, 1.165) is 5.56 Å². The van der Waals surface area contributed by atoms with Crippen molar-refractivity contribution in [3.05, 3.63) is 70.3 Å². The summed E-state index contributed by atoms with van der Waals surface area (Å²) in [6, 6.07) is 10.2. The highest BCUT2D eigenvalue weighted by Crippen LogP contribution is 2.33. The lowest BCUT2D eigenvalue weighted by atomic mass is 9.82. The van der Waals surface area contributed by atoms with Crippen molar-refractivity contribution in [3.63, 3.8) is 0 Å². The number of carbonyl (C=O) groups is 3. The first-order valence-electron chi connectivity index (χ1n) is 10.3. The number of benzene rings is 2. The van der Waals surface area contributed by atoms with E-state index in [-0.39, 0.29) is 23.0 Å². The van der Waals surface area contributed by atoms with E-state index < -0.39 is 0 Å². The van der Waals surface area contributed by atoms with Crippen LogP contribution in [0.2, 0.25) is 0 Å². The first-order valence-corrected chi connectivity index (χ1v) is 10.3. The molecule has 32 heavy (non-hydrogen) atoms. The van der Waals surface area contributed by atoms with Gasteiger partial charge in [-0.1, -0.05) is 32.9 Å². The van der Waals surface area contributed by atoms with Crippen LogP contribution in [0.4, 0.5) is 0 Å². The molecule has 0 spiro atoms. The number of allylic oxidation sites excluding steroid dienone is 1. The minimum atomic E-state index is -0.283. The van der Waals surface area contributed by atoms with E-state index in [1.54, 1.807) is 64.6 Å². The van der Waals surface area contributed by atoms with Crippen LogP contribution in [-0.4, -0.2) is 62.7 Å². The fourth-order valence-electron chi connectivity index (χ4n) is 3.24. The molecule has 2 rings (SSSR count). The van der Waals surface area contributed by atoms with Crippen LogP contribution in [0.5, 0.6) is 5.75 Å². The number of methoxy groups -OCH3 is 1. The van der Waals surface area contributed by atoms with Crippen molar-refractivity contribution in [1.29, 1.82) is 0 Å². The molecule has 0 aliphatic carbocycles. The summed E-state index contributed by atoms with van der Waals surface area (Å²) >= 11 is 0. The number of carbonyl (C=O) groups excluding carboxylic acids is 3. The van der Waals surface area contributed by atoms with E-state index >= 15 is 0 Å². The Hall–Kier alpha value is -3.41. The zero-order valence-corrected chi connectivity index (χ0v) is 20.1. The quantitative estimate of drug-likeness (QED) is 0.500. The summed E-state index contributed by atoms with van der Waals surface area (Å²) in [5.41, 5.74) is 2.87. The zero-order chi connectivity index (χ0) is 24.2. The summed E-state index contributed by atoms with van der Waals surface area (Å²) in [7, 11) is 8.33. The molecule has 0 N–H and O–H groups in total. The largest absolute Gasteiger partial charge is 0.496 e. The molecule has 0 aromatic heterocycles. The van der Waals surface area contributed by atoms with Gasteiger partial charge in [0.15, 0.2) is 5.78 Å². The van der Waals surface area contributed by atoms with E-state index in [9.17, 15) is 14.4 Å². The molecule has 6 nitrogen and oxygen atoms in total. The van der Waals surface area contributed by atoms with Crippen LogP contribution < -0.4 is 4.74 Å². The number of hydrogen-bond acceptors (Lipinski definition) is 4. The SMILES string of the molecule is COc1cc(C(=O)N(C)C)c(C(C)(C)C)cc1C=CC(=O)c1ccc(C(=O)N(C)C)cc1. The lowest BCUT2D eigenvalue weighted by molar-refractivity contribution is 0.0819. The van der Waals surface area contributed by atoms with Gasteiger partial charge in [0, 0.05) is 50.4 Å². The fourth-order valence-corrected chi connectivity index (χ4v) is 3.24. The van der Waals surface area contributed by atoms with Gasteiger partial charge < -0.3 is 14.5 Å². The maximum atomic E-state index is 12.7. The summed E-state index contributed by atoms with van der Waals surface area (Å²) < 4.78 is 5.51. The molecule has 0 aliphatic heterocycles. The first kappa shape index (κ1) is 24.9. The predicted octanol–water partition coefficient (Wildman–Crippen LogP) is 4.29. The van der Waals surface area contributed by atoms with E-state index in [2.05, 4.69) is 0 Å². The Labute approximate surface area is 190 Å². The van der Waals surface area contributed by atoms with Gasteiger partial charge in [0.1, 0.15) is 5.75 Å². The molecule has 0 radical (unpaired) electrons. The Bertz CT molecular complexity index is 1040. The van der Waals surface area contributed by atoms with Crippen LogP contribution in [0.1, 0.15) is 63.0 Å². The highest BCUT2D eigenvalue weighted by Gasteiger charge is 2.25. The van der Waals surface area contributed by atoms with Crippen molar-refractivity contribution in [2.45, 2.75) is 26.2 Å². The van der Waals surface area contributed by atoms with Crippen LogP contribution >= 0.6 is 0 Å². The van der Waals surface area contributed by atoms with Crippen molar-refractivity contribution in [2.75, 3.05) is 35.3 Å². The van der Waals surface area contributed by atoms with Crippen LogP contribution in [0.3, 0.4) is 0 Å². The van der Waals surface area contributed by atoms with E-state index in [0.29, 0.717) is 28.0 Å². The van der Waals surface area contributed by atoms with E-state index in [4.69, 9.17) is 4.74 Å². The van der Waals surface area contributed by atoms with Gasteiger partial charge in [0.2, 0.25) is 0 Å². The Kier molecular flexibility index (Phi) is 7.62. The molecule has 2 amide bonds. The van der Waals surface area contributed by atoms with Crippen LogP contribution in [-0.2, 0) is 5.41 Å². The van der Waals surface area contributed by atoms with Crippen molar-refractivity contribution in [2.24, 2.45) is 0 Å². The number of rotatable bonds is 6. The molecule has 0 atom stereocenters. The van der Waals surface area contributed by atoms with Crippen molar-refractivity contribution in [3.8, 4) is 5.75 Å². The molecule has 170 valence electrons. The topological polar surface area (TPSA) is 66.9 Å². The molecule has 0 unspecified atom stereocenters. The number of ether oxygens (including phenoxy) is 1. The summed E-state index contributed by atoms with van der Waals surface area (Å²) in [4.78, 5) is 40.5. The van der Waals surface area contributed by atoms with E-state index in [1.807, 2.05) is 26.8 Å². The Morgan fingerprint density at radius 3 is 1.84 bits per heavy atom. The lowest BCUT2D eigenvalue weighted by Crippen LogP contribution is -2.26. The molecule has 0 aliphatic rings. The zero-order valence-electron chi connectivity index (χ0n) is 20.1. The minimum Gasteiger partial charge on any atom is -0.496 e. The smallest absolute Gasteiger partial charge is 0.253 e. The van der Waals surface area contributed by atoms with Gasteiger partial charge in [-0.2, -0.15) is 0 Å². The van der Waals surface area contributed by atoms with Gasteiger partial charge in [-0.3, -0.25) is 14.4 Å². The normalized spacial score (nSPS) is 11.4. The molecule has 0 fully saturated rings. The fraction of sp³-hybridized carbons (Fsp3) is 0.346. The van der Waals surface area contributed by atoms with E-state index in [1.165, 1.54) is 23.0 Å². The average molecular weight is 437 g/mol. The summed E-state index contributed by atoms with van der Waals surface area (Å²) in [5.74, 6) is 0.0966. The third-order valence-electron chi connectivity index (χ3n) is 5.05. The van der Waals surface area contributed by atoms with Crippen molar-refractivity contribution < 1.29 is 19.1 Å². The Balaban J connectivity index is 2.42. The highest BCUT2D eigenvalue weighted by molar-refractivity contribution is 6.07. The number of ketones is 1. The highest BCUT2D eigenvalue weighted by atomic mass is 16.5. The molecule has 0 heterocycles. The molecule has 2 aromatic rings. The third-order valence-corrected chi connectivity index (χ3v) is 5.05. The molecule has 2 aromatic carbocycles. The maximum absolute atomic E-state index is 12.7. The summed E-state index contributed by atoms with van der Waals surface area (Å²) in [6.07, 6.45) is 3.17. The average Bonchev–Trinajstić information content (AvgIpc) is 2.75. The standard InChI is InChI=1S/C26H32N2O4/c1-26(2,3)21-15-19(23(32-8)16-20(21)25(31)28(6)7)13-14-22(29)17-9-11-18(12-10-17)24(30)27(4)5/h9-16H,1-8H3. The molecular formula is C26H32N2O4. The molecule has 0 saturated heterocycles. The van der Waals surface area contributed by atoms with Gasteiger partial charge in [0.05, 0.1) is 7.11 Å². The molecule has 0 saturated carbocycles. The van der Waals surface area contributed by atoms with Gasteiger partial charge in [-0.05, 0) is 47.4 Å². The minimum absolute atomic E-state index is 0.104. The summed E-state index contributed by atoms with van der Waals surface area (Å²) in [6.45, 7) is 6.11. The monoisotopic (exact) mass is 436 g/mol. The first-order chi connectivity index (χ1) is 14.9. The van der Waals surface area contributed by atoms with Gasteiger partial charge in [-0.25, -0.2) is 0 Å². The Morgan fingerprint density at radius 2 is 1.38 bits per heavy atom. The number of nitrogens with zero attached hydrogens (tertiary/aromatic N) is 2.